The molecular weight excluding hydrogens is 326 g/mol. The molecule has 0 aliphatic carbocycles. The van der Waals surface area contributed by atoms with E-state index < -0.39 is 10.0 Å². The minimum atomic E-state index is -3.53. The Morgan fingerprint density at radius 2 is 1.88 bits per heavy atom. The highest BCUT2D eigenvalue weighted by molar-refractivity contribution is 7.89. The summed E-state index contributed by atoms with van der Waals surface area (Å²) in [5.41, 5.74) is 1.75. The third-order valence-corrected chi connectivity index (χ3v) is 7.05. The highest BCUT2D eigenvalue weighted by atomic mass is 32.2. The Morgan fingerprint density at radius 3 is 2.54 bits per heavy atom. The SMILES string of the molecule is COc1cc(C)cc(C)c1S(=O)(=O)N1CCC(N2CCNCC2)C1. The molecule has 1 aromatic carbocycles. The maximum Gasteiger partial charge on any atom is 0.247 e. The summed E-state index contributed by atoms with van der Waals surface area (Å²) in [5, 5.41) is 3.34. The lowest BCUT2D eigenvalue weighted by Gasteiger charge is -2.32. The fourth-order valence-corrected chi connectivity index (χ4v) is 5.64. The highest BCUT2D eigenvalue weighted by Crippen LogP contribution is 2.33. The second-order valence-electron chi connectivity index (χ2n) is 6.70. The number of aryl methyl sites for hydroxylation is 2. The molecule has 1 atom stereocenters. The Hall–Kier alpha value is -1.15. The molecule has 0 amide bonds. The van der Waals surface area contributed by atoms with Gasteiger partial charge in [-0.05, 0) is 37.5 Å². The maximum atomic E-state index is 13.2. The summed E-state index contributed by atoms with van der Waals surface area (Å²) in [6.45, 7) is 8.87. The van der Waals surface area contributed by atoms with Crippen LogP contribution in [0.4, 0.5) is 0 Å². The third kappa shape index (κ3) is 3.31. The maximum absolute atomic E-state index is 13.2. The van der Waals surface area contributed by atoms with E-state index in [2.05, 4.69) is 10.2 Å². The molecule has 134 valence electrons. The number of benzene rings is 1. The van der Waals surface area contributed by atoms with Gasteiger partial charge in [0.2, 0.25) is 10.0 Å². The molecule has 7 heteroatoms. The van der Waals surface area contributed by atoms with Crippen molar-refractivity contribution in [1.29, 1.82) is 0 Å². The monoisotopic (exact) mass is 353 g/mol. The van der Waals surface area contributed by atoms with Gasteiger partial charge >= 0.3 is 0 Å². The average molecular weight is 353 g/mol. The van der Waals surface area contributed by atoms with E-state index in [1.165, 1.54) is 7.11 Å². The van der Waals surface area contributed by atoms with Gasteiger partial charge in [0.05, 0.1) is 7.11 Å². The van der Waals surface area contributed by atoms with Gasteiger partial charge in [-0.15, -0.1) is 0 Å². The van der Waals surface area contributed by atoms with Gasteiger partial charge in [-0.2, -0.15) is 4.31 Å². The zero-order chi connectivity index (χ0) is 17.3. The van der Waals surface area contributed by atoms with Crippen LogP contribution in [0.15, 0.2) is 17.0 Å². The summed E-state index contributed by atoms with van der Waals surface area (Å²) >= 11 is 0. The highest BCUT2D eigenvalue weighted by Gasteiger charge is 2.37. The predicted octanol–water partition coefficient (Wildman–Crippen LogP) is 0.980. The van der Waals surface area contributed by atoms with Crippen LogP contribution in [0.25, 0.3) is 0 Å². The number of sulfonamides is 1. The van der Waals surface area contributed by atoms with Crippen molar-refractivity contribution in [1.82, 2.24) is 14.5 Å². The van der Waals surface area contributed by atoms with Crippen LogP contribution in [-0.4, -0.2) is 70.0 Å². The van der Waals surface area contributed by atoms with Crippen LogP contribution in [0.1, 0.15) is 17.5 Å². The van der Waals surface area contributed by atoms with Gasteiger partial charge < -0.3 is 10.1 Å². The van der Waals surface area contributed by atoms with Gasteiger partial charge in [-0.3, -0.25) is 4.90 Å². The molecule has 1 unspecified atom stereocenters. The normalized spacial score (nSPS) is 23.5. The molecular formula is C17H27N3O3S. The van der Waals surface area contributed by atoms with E-state index in [1.54, 1.807) is 10.4 Å². The van der Waals surface area contributed by atoms with Gasteiger partial charge in [0.1, 0.15) is 10.6 Å². The summed E-state index contributed by atoms with van der Waals surface area (Å²) in [4.78, 5) is 2.72. The minimum absolute atomic E-state index is 0.316. The number of hydrogen-bond acceptors (Lipinski definition) is 5. The number of hydrogen-bond donors (Lipinski definition) is 1. The molecule has 24 heavy (non-hydrogen) atoms. The van der Waals surface area contributed by atoms with E-state index in [-0.39, 0.29) is 0 Å². The van der Waals surface area contributed by atoms with Crippen LogP contribution in [-0.2, 0) is 10.0 Å². The summed E-state index contributed by atoms with van der Waals surface area (Å²) in [7, 11) is -2.01. The van der Waals surface area contributed by atoms with E-state index in [0.717, 1.165) is 43.7 Å². The van der Waals surface area contributed by atoms with Crippen molar-refractivity contribution in [2.24, 2.45) is 0 Å². The number of rotatable bonds is 4. The molecule has 2 aliphatic heterocycles. The lowest BCUT2D eigenvalue weighted by atomic mass is 10.1. The van der Waals surface area contributed by atoms with Gasteiger partial charge in [0.15, 0.2) is 0 Å². The second-order valence-corrected chi connectivity index (χ2v) is 8.58. The number of nitrogens with one attached hydrogen (secondary N) is 1. The second kappa shape index (κ2) is 7.00. The molecule has 6 nitrogen and oxygen atoms in total. The lowest BCUT2D eigenvalue weighted by Crippen LogP contribution is -2.49. The molecule has 0 saturated carbocycles. The number of piperazine rings is 1. The molecule has 0 aromatic heterocycles. The first kappa shape index (κ1) is 17.7. The smallest absolute Gasteiger partial charge is 0.247 e. The van der Waals surface area contributed by atoms with E-state index in [9.17, 15) is 8.42 Å². The quantitative estimate of drug-likeness (QED) is 0.874. The first-order valence-electron chi connectivity index (χ1n) is 8.53. The van der Waals surface area contributed by atoms with Crippen LogP contribution >= 0.6 is 0 Å². The number of ether oxygens (including phenoxy) is 1. The Bertz CT molecular complexity index is 699. The molecule has 2 aliphatic rings. The van der Waals surface area contributed by atoms with E-state index >= 15 is 0 Å². The van der Waals surface area contributed by atoms with Crippen molar-refractivity contribution < 1.29 is 13.2 Å². The standard InChI is InChI=1S/C17H27N3O3S/c1-13-10-14(2)17(16(11-13)23-3)24(21,22)20-7-4-15(12-20)19-8-5-18-6-9-19/h10-11,15,18H,4-9,12H2,1-3H3. The average Bonchev–Trinajstić information content (AvgIpc) is 3.05. The Balaban J connectivity index is 1.84. The zero-order valence-corrected chi connectivity index (χ0v) is 15.5. The molecule has 1 N–H and O–H groups in total. The van der Waals surface area contributed by atoms with Crippen molar-refractivity contribution >= 4 is 10.0 Å². The minimum Gasteiger partial charge on any atom is -0.495 e. The van der Waals surface area contributed by atoms with Gasteiger partial charge in [-0.25, -0.2) is 8.42 Å². The molecule has 1 aromatic rings. The number of methoxy groups -OCH3 is 1. The summed E-state index contributed by atoms with van der Waals surface area (Å²) < 4.78 is 33.4. The molecule has 0 spiro atoms. The predicted molar refractivity (Wildman–Crippen MR) is 94.1 cm³/mol. The van der Waals surface area contributed by atoms with Crippen molar-refractivity contribution in [2.75, 3.05) is 46.4 Å². The van der Waals surface area contributed by atoms with Crippen molar-refractivity contribution in [3.05, 3.63) is 23.3 Å². The molecule has 2 fully saturated rings. The lowest BCUT2D eigenvalue weighted by molar-refractivity contribution is 0.179. The van der Waals surface area contributed by atoms with Gasteiger partial charge in [0, 0.05) is 45.3 Å². The first-order chi connectivity index (χ1) is 11.4. The Kier molecular flexibility index (Phi) is 5.15. The zero-order valence-electron chi connectivity index (χ0n) is 14.7. The van der Waals surface area contributed by atoms with Crippen LogP contribution in [0.5, 0.6) is 5.75 Å². The first-order valence-corrected chi connectivity index (χ1v) is 9.97. The molecule has 3 rings (SSSR count). The van der Waals surface area contributed by atoms with Crippen molar-refractivity contribution in [3.63, 3.8) is 0 Å². The molecule has 2 saturated heterocycles. The van der Waals surface area contributed by atoms with E-state index in [1.807, 2.05) is 19.9 Å². The van der Waals surface area contributed by atoms with Crippen molar-refractivity contribution in [2.45, 2.75) is 31.2 Å². The Labute approximate surface area is 144 Å². The largest absolute Gasteiger partial charge is 0.495 e. The number of nitrogens with zero attached hydrogens (tertiary/aromatic N) is 2. The molecule has 0 radical (unpaired) electrons. The fraction of sp³-hybridized carbons (Fsp3) is 0.647. The molecule has 0 bridgehead atoms. The van der Waals surface area contributed by atoms with E-state index in [4.69, 9.17) is 4.74 Å². The fourth-order valence-electron chi connectivity index (χ4n) is 3.80. The topological polar surface area (TPSA) is 61.9 Å². The van der Waals surface area contributed by atoms with E-state index in [0.29, 0.717) is 29.8 Å². The third-order valence-electron chi connectivity index (χ3n) is 5.00. The van der Waals surface area contributed by atoms with Crippen molar-refractivity contribution in [3.8, 4) is 5.75 Å². The van der Waals surface area contributed by atoms with Crippen LogP contribution < -0.4 is 10.1 Å². The van der Waals surface area contributed by atoms with Crippen LogP contribution in [0, 0.1) is 13.8 Å². The van der Waals surface area contributed by atoms with Gasteiger partial charge in [0.25, 0.3) is 0 Å². The summed E-state index contributed by atoms with van der Waals surface area (Å²) in [5.74, 6) is 0.443. The molecule has 2 heterocycles. The van der Waals surface area contributed by atoms with Gasteiger partial charge in [-0.1, -0.05) is 6.07 Å². The summed E-state index contributed by atoms with van der Waals surface area (Å²) in [6, 6.07) is 4.02. The van der Waals surface area contributed by atoms with Crippen LogP contribution in [0.3, 0.4) is 0 Å². The van der Waals surface area contributed by atoms with Crippen LogP contribution in [0.2, 0.25) is 0 Å². The Morgan fingerprint density at radius 1 is 1.17 bits per heavy atom. The summed E-state index contributed by atoms with van der Waals surface area (Å²) in [6.07, 6.45) is 0.895.